The molecular formula is C23H24N2O4. The lowest BCUT2D eigenvalue weighted by atomic mass is 10.0. The first-order chi connectivity index (χ1) is 13.8. The number of carbonyl (C=O) groups is 2. The van der Waals surface area contributed by atoms with Gasteiger partial charge in [-0.05, 0) is 54.3 Å². The van der Waals surface area contributed by atoms with E-state index in [2.05, 4.69) is 19.2 Å². The zero-order valence-corrected chi connectivity index (χ0v) is 16.9. The third-order valence-electron chi connectivity index (χ3n) is 4.27. The molecule has 2 rings (SSSR count). The van der Waals surface area contributed by atoms with Crippen LogP contribution < -0.4 is 10.1 Å². The molecule has 0 aromatic heterocycles. The van der Waals surface area contributed by atoms with E-state index in [9.17, 15) is 14.9 Å². The molecule has 0 radical (unpaired) electrons. The molecule has 0 saturated carbocycles. The van der Waals surface area contributed by atoms with E-state index in [1.54, 1.807) is 43.5 Å². The Labute approximate surface area is 170 Å². The summed E-state index contributed by atoms with van der Waals surface area (Å²) in [5.41, 5.74) is 2.21. The predicted molar refractivity (Wildman–Crippen MR) is 111 cm³/mol. The molecule has 29 heavy (non-hydrogen) atoms. The quantitative estimate of drug-likeness (QED) is 0.431. The monoisotopic (exact) mass is 392 g/mol. The molecule has 0 heterocycles. The van der Waals surface area contributed by atoms with Crippen molar-refractivity contribution in [2.45, 2.75) is 32.8 Å². The number of hydrogen-bond donors (Lipinski definition) is 1. The first-order valence-corrected chi connectivity index (χ1v) is 9.21. The first-order valence-electron chi connectivity index (χ1n) is 9.21. The third kappa shape index (κ3) is 6.22. The van der Waals surface area contributed by atoms with E-state index < -0.39 is 18.0 Å². The van der Waals surface area contributed by atoms with Crippen LogP contribution in [0.15, 0.2) is 54.1 Å². The van der Waals surface area contributed by atoms with Gasteiger partial charge in [0.25, 0.3) is 5.91 Å². The lowest BCUT2D eigenvalue weighted by Crippen LogP contribution is -2.30. The number of benzene rings is 2. The molecule has 6 heteroatoms. The summed E-state index contributed by atoms with van der Waals surface area (Å²) in [6.07, 6.45) is 0.344. The molecule has 0 saturated heterocycles. The molecule has 0 aliphatic heterocycles. The lowest BCUT2D eigenvalue weighted by Gasteiger charge is -2.14. The number of amides is 1. The van der Waals surface area contributed by atoms with Gasteiger partial charge in [-0.25, -0.2) is 4.79 Å². The summed E-state index contributed by atoms with van der Waals surface area (Å²) in [5, 5.41) is 12.0. The first kappa shape index (κ1) is 21.7. The summed E-state index contributed by atoms with van der Waals surface area (Å²) in [4.78, 5) is 24.6. The third-order valence-corrected chi connectivity index (χ3v) is 4.27. The molecule has 6 nitrogen and oxygen atoms in total. The lowest BCUT2D eigenvalue weighted by molar-refractivity contribution is -0.148. The van der Waals surface area contributed by atoms with Crippen LogP contribution in [0, 0.1) is 11.3 Å². The molecule has 0 spiro atoms. The average Bonchev–Trinajstić information content (AvgIpc) is 2.72. The van der Waals surface area contributed by atoms with Crippen molar-refractivity contribution >= 4 is 23.6 Å². The fourth-order valence-corrected chi connectivity index (χ4v) is 2.48. The van der Waals surface area contributed by atoms with Gasteiger partial charge in [0, 0.05) is 5.69 Å². The summed E-state index contributed by atoms with van der Waals surface area (Å²) < 4.78 is 10.2. The number of nitrogens with zero attached hydrogens (tertiary/aromatic N) is 1. The number of methoxy groups -OCH3 is 1. The van der Waals surface area contributed by atoms with Crippen LogP contribution in [-0.2, 0) is 14.3 Å². The minimum absolute atomic E-state index is 0.198. The number of anilines is 1. The number of esters is 1. The SMILES string of the molecule is COc1ccc(/C=C(\C#N)C(=O)O[C@@H](C)C(=O)Nc2ccc(C(C)C)cc2)cc1. The van der Waals surface area contributed by atoms with Gasteiger partial charge in [0.1, 0.15) is 17.4 Å². The van der Waals surface area contributed by atoms with Crippen LogP contribution in [0.1, 0.15) is 37.8 Å². The van der Waals surface area contributed by atoms with Crippen LogP contribution in [-0.4, -0.2) is 25.1 Å². The van der Waals surface area contributed by atoms with Crippen LogP contribution in [0.4, 0.5) is 5.69 Å². The maximum Gasteiger partial charge on any atom is 0.349 e. The van der Waals surface area contributed by atoms with Crippen molar-refractivity contribution in [3.05, 3.63) is 65.2 Å². The Morgan fingerprint density at radius 2 is 1.66 bits per heavy atom. The second kappa shape index (κ2) is 10.1. The van der Waals surface area contributed by atoms with Crippen LogP contribution in [0.5, 0.6) is 5.75 Å². The largest absolute Gasteiger partial charge is 0.497 e. The molecule has 0 aliphatic rings. The highest BCUT2D eigenvalue weighted by molar-refractivity contribution is 6.01. The number of rotatable bonds is 7. The van der Waals surface area contributed by atoms with Crippen molar-refractivity contribution in [1.82, 2.24) is 0 Å². The molecule has 1 N–H and O–H groups in total. The highest BCUT2D eigenvalue weighted by Gasteiger charge is 2.20. The molecule has 2 aromatic carbocycles. The normalized spacial score (nSPS) is 12.1. The molecule has 0 unspecified atom stereocenters. The minimum atomic E-state index is -1.06. The summed E-state index contributed by atoms with van der Waals surface area (Å²) in [6, 6.07) is 16.1. The van der Waals surface area contributed by atoms with Crippen LogP contribution in [0.2, 0.25) is 0 Å². The van der Waals surface area contributed by atoms with Gasteiger partial charge in [-0.2, -0.15) is 5.26 Å². The second-order valence-corrected chi connectivity index (χ2v) is 6.76. The van der Waals surface area contributed by atoms with Gasteiger partial charge in [0.15, 0.2) is 6.10 Å². The van der Waals surface area contributed by atoms with E-state index in [0.29, 0.717) is 22.9 Å². The number of hydrogen-bond acceptors (Lipinski definition) is 5. The Morgan fingerprint density at radius 1 is 1.03 bits per heavy atom. The zero-order chi connectivity index (χ0) is 21.4. The number of nitrogens with one attached hydrogen (secondary N) is 1. The predicted octanol–water partition coefficient (Wildman–Crippen LogP) is 4.30. The van der Waals surface area contributed by atoms with Gasteiger partial charge < -0.3 is 14.8 Å². The Morgan fingerprint density at radius 3 is 2.17 bits per heavy atom. The number of carbonyl (C=O) groups excluding carboxylic acids is 2. The standard InChI is InChI=1S/C23H24N2O4/c1-15(2)18-7-9-20(10-8-18)25-22(26)16(3)29-23(27)19(14-24)13-17-5-11-21(28-4)12-6-17/h5-13,15-16H,1-4H3,(H,25,26)/b19-13+/t16-/m0/s1. The van der Waals surface area contributed by atoms with Gasteiger partial charge in [0.2, 0.25) is 0 Å². The molecule has 0 aliphatic carbocycles. The van der Waals surface area contributed by atoms with E-state index >= 15 is 0 Å². The molecule has 0 fully saturated rings. The Bertz CT molecular complexity index is 923. The topological polar surface area (TPSA) is 88.4 Å². The highest BCUT2D eigenvalue weighted by Crippen LogP contribution is 2.18. The number of ether oxygens (including phenoxy) is 2. The summed E-state index contributed by atoms with van der Waals surface area (Å²) in [5.74, 6) is -0.282. The zero-order valence-electron chi connectivity index (χ0n) is 16.9. The van der Waals surface area contributed by atoms with Crippen LogP contribution in [0.3, 0.4) is 0 Å². The fourth-order valence-electron chi connectivity index (χ4n) is 2.48. The van der Waals surface area contributed by atoms with E-state index in [1.165, 1.54) is 13.0 Å². The van der Waals surface area contributed by atoms with Crippen molar-refractivity contribution in [2.24, 2.45) is 0 Å². The van der Waals surface area contributed by atoms with E-state index in [1.807, 2.05) is 18.2 Å². The van der Waals surface area contributed by atoms with Gasteiger partial charge in [-0.3, -0.25) is 4.79 Å². The van der Waals surface area contributed by atoms with Gasteiger partial charge in [-0.1, -0.05) is 38.1 Å². The van der Waals surface area contributed by atoms with Gasteiger partial charge >= 0.3 is 5.97 Å². The minimum Gasteiger partial charge on any atom is -0.497 e. The van der Waals surface area contributed by atoms with Gasteiger partial charge in [0.05, 0.1) is 7.11 Å². The molecular weight excluding hydrogens is 368 g/mol. The van der Waals surface area contributed by atoms with Crippen LogP contribution >= 0.6 is 0 Å². The van der Waals surface area contributed by atoms with Crippen molar-refractivity contribution in [3.63, 3.8) is 0 Å². The van der Waals surface area contributed by atoms with Crippen molar-refractivity contribution in [2.75, 3.05) is 12.4 Å². The maximum absolute atomic E-state index is 12.3. The summed E-state index contributed by atoms with van der Waals surface area (Å²) >= 11 is 0. The maximum atomic E-state index is 12.3. The molecule has 2 aromatic rings. The highest BCUT2D eigenvalue weighted by atomic mass is 16.5. The van der Waals surface area contributed by atoms with E-state index in [4.69, 9.17) is 9.47 Å². The van der Waals surface area contributed by atoms with Crippen molar-refractivity contribution in [1.29, 1.82) is 5.26 Å². The van der Waals surface area contributed by atoms with Crippen molar-refractivity contribution < 1.29 is 19.1 Å². The molecule has 150 valence electrons. The fraction of sp³-hybridized carbons (Fsp3) is 0.261. The van der Waals surface area contributed by atoms with E-state index in [0.717, 1.165) is 5.56 Å². The van der Waals surface area contributed by atoms with Crippen molar-refractivity contribution in [3.8, 4) is 11.8 Å². The molecule has 1 atom stereocenters. The number of nitriles is 1. The summed E-state index contributed by atoms with van der Waals surface area (Å²) in [6.45, 7) is 5.63. The average molecular weight is 392 g/mol. The Kier molecular flexibility index (Phi) is 7.55. The van der Waals surface area contributed by atoms with Crippen LogP contribution in [0.25, 0.3) is 6.08 Å². The smallest absolute Gasteiger partial charge is 0.349 e. The van der Waals surface area contributed by atoms with E-state index in [-0.39, 0.29) is 5.57 Å². The Hall–Kier alpha value is -3.59. The molecule has 1 amide bonds. The Balaban J connectivity index is 2.00. The summed E-state index contributed by atoms with van der Waals surface area (Å²) in [7, 11) is 1.55. The van der Waals surface area contributed by atoms with Gasteiger partial charge in [-0.15, -0.1) is 0 Å². The second-order valence-electron chi connectivity index (χ2n) is 6.76. The molecule has 0 bridgehead atoms.